The molecule has 7 heteroatoms. The van der Waals surface area contributed by atoms with E-state index in [1.54, 1.807) is 0 Å². The molecule has 0 unspecified atom stereocenters. The highest BCUT2D eigenvalue weighted by Gasteiger charge is 2.29. The Morgan fingerprint density at radius 3 is 1.48 bits per heavy atom. The summed E-state index contributed by atoms with van der Waals surface area (Å²) in [6, 6.07) is 0. The zero-order valence-corrected chi connectivity index (χ0v) is 16.6. The first-order valence-electron chi connectivity index (χ1n) is 9.93. The van der Waals surface area contributed by atoms with E-state index in [4.69, 9.17) is 15.3 Å². The number of hydrogen-bond acceptors (Lipinski definition) is 3. The number of carbonyl (C=O) groups is 3. The lowest BCUT2D eigenvalue weighted by Gasteiger charge is -2.38. The number of carboxylic acids is 3. The standard InChI is InChI=1S/C20H35NO6/c1-2-3-4-5-6-7-8-9-10-14-21(15-11-18(22)23,16-12-19(24)25)17-13-20(26)27/h2-3H,4-17H2,1H3,(H2-,22,23,24,25,26,27)/p+1/b3-2+. The molecule has 0 fully saturated rings. The van der Waals surface area contributed by atoms with Crippen LogP contribution in [0.5, 0.6) is 0 Å². The van der Waals surface area contributed by atoms with E-state index in [2.05, 4.69) is 12.2 Å². The maximum Gasteiger partial charge on any atom is 0.309 e. The van der Waals surface area contributed by atoms with E-state index in [9.17, 15) is 14.4 Å². The molecule has 0 aliphatic rings. The van der Waals surface area contributed by atoms with Crippen molar-refractivity contribution in [3.63, 3.8) is 0 Å². The fraction of sp³-hybridized carbons (Fsp3) is 0.750. The highest BCUT2D eigenvalue weighted by atomic mass is 16.4. The molecule has 0 atom stereocenters. The molecule has 27 heavy (non-hydrogen) atoms. The summed E-state index contributed by atoms with van der Waals surface area (Å²) in [5.41, 5.74) is 0. The largest absolute Gasteiger partial charge is 0.481 e. The van der Waals surface area contributed by atoms with Crippen molar-refractivity contribution in [1.29, 1.82) is 0 Å². The summed E-state index contributed by atoms with van der Waals surface area (Å²) in [6.45, 7) is 3.48. The predicted octanol–water partition coefficient (Wildman–Crippen LogP) is 3.53. The molecule has 0 radical (unpaired) electrons. The van der Waals surface area contributed by atoms with Gasteiger partial charge >= 0.3 is 17.9 Å². The average Bonchev–Trinajstić information content (AvgIpc) is 2.61. The fourth-order valence-corrected chi connectivity index (χ4v) is 3.25. The Labute approximate surface area is 162 Å². The van der Waals surface area contributed by atoms with E-state index >= 15 is 0 Å². The minimum absolute atomic E-state index is 0.0792. The topological polar surface area (TPSA) is 112 Å². The van der Waals surface area contributed by atoms with Crippen LogP contribution in [0.15, 0.2) is 12.2 Å². The first-order chi connectivity index (χ1) is 12.8. The van der Waals surface area contributed by atoms with Gasteiger partial charge in [0.05, 0.1) is 45.4 Å². The van der Waals surface area contributed by atoms with E-state index in [-0.39, 0.29) is 43.4 Å². The highest BCUT2D eigenvalue weighted by molar-refractivity contribution is 5.67. The SMILES string of the molecule is C/C=C/CCCCCCCC[N+](CCC(=O)O)(CCC(=O)O)CCC(=O)O. The van der Waals surface area contributed by atoms with Crippen molar-refractivity contribution in [2.75, 3.05) is 26.2 Å². The van der Waals surface area contributed by atoms with E-state index in [1.165, 1.54) is 12.8 Å². The van der Waals surface area contributed by atoms with E-state index in [0.29, 0.717) is 6.54 Å². The molecule has 3 N–H and O–H groups in total. The Bertz CT molecular complexity index is 430. The Morgan fingerprint density at radius 1 is 0.667 bits per heavy atom. The van der Waals surface area contributed by atoms with Gasteiger partial charge in [-0.25, -0.2) is 0 Å². The van der Waals surface area contributed by atoms with Gasteiger partial charge in [-0.05, 0) is 32.6 Å². The van der Waals surface area contributed by atoms with Crippen molar-refractivity contribution in [2.45, 2.75) is 71.1 Å². The molecule has 0 heterocycles. The van der Waals surface area contributed by atoms with Crippen LogP contribution in [0.25, 0.3) is 0 Å². The molecular weight excluding hydrogens is 350 g/mol. The summed E-state index contributed by atoms with van der Waals surface area (Å²) in [5.74, 6) is -2.82. The number of aliphatic carboxylic acids is 3. The van der Waals surface area contributed by atoms with Crippen LogP contribution in [-0.2, 0) is 14.4 Å². The second-order valence-corrected chi connectivity index (χ2v) is 7.15. The first-order valence-corrected chi connectivity index (χ1v) is 9.93. The van der Waals surface area contributed by atoms with Gasteiger partial charge in [0.1, 0.15) is 0 Å². The molecule has 0 bridgehead atoms. The Kier molecular flexibility index (Phi) is 14.1. The summed E-state index contributed by atoms with van der Waals surface area (Å²) in [5, 5.41) is 27.0. The van der Waals surface area contributed by atoms with Gasteiger partial charge in [-0.15, -0.1) is 0 Å². The summed E-state index contributed by atoms with van der Waals surface area (Å²) < 4.78 is 0.256. The van der Waals surface area contributed by atoms with E-state index < -0.39 is 17.9 Å². The van der Waals surface area contributed by atoms with Gasteiger partial charge in [0.2, 0.25) is 0 Å². The van der Waals surface area contributed by atoms with Crippen molar-refractivity contribution in [1.82, 2.24) is 0 Å². The molecular formula is C20H36NO6+. The number of unbranched alkanes of at least 4 members (excludes halogenated alkanes) is 6. The van der Waals surface area contributed by atoms with Crippen molar-refractivity contribution in [3.05, 3.63) is 12.2 Å². The van der Waals surface area contributed by atoms with Gasteiger partial charge in [0, 0.05) is 0 Å². The Balaban J connectivity index is 4.55. The number of quaternary nitrogens is 1. The van der Waals surface area contributed by atoms with E-state index in [1.807, 2.05) is 6.92 Å². The number of allylic oxidation sites excluding steroid dienone is 2. The molecule has 0 spiro atoms. The zero-order chi connectivity index (χ0) is 20.5. The minimum Gasteiger partial charge on any atom is -0.481 e. The summed E-state index contributed by atoms with van der Waals surface area (Å²) in [4.78, 5) is 33.0. The van der Waals surface area contributed by atoms with Gasteiger partial charge < -0.3 is 19.8 Å². The number of nitrogens with zero attached hydrogens (tertiary/aromatic N) is 1. The summed E-state index contributed by atoms with van der Waals surface area (Å²) >= 11 is 0. The van der Waals surface area contributed by atoms with Gasteiger partial charge in [-0.1, -0.05) is 31.4 Å². The van der Waals surface area contributed by atoms with Crippen LogP contribution in [0.2, 0.25) is 0 Å². The van der Waals surface area contributed by atoms with Crippen LogP contribution in [0.1, 0.15) is 71.1 Å². The van der Waals surface area contributed by atoms with Gasteiger partial charge in [0.15, 0.2) is 0 Å². The molecule has 0 saturated carbocycles. The fourth-order valence-electron chi connectivity index (χ4n) is 3.25. The van der Waals surface area contributed by atoms with Gasteiger partial charge in [0.25, 0.3) is 0 Å². The molecule has 0 aromatic rings. The van der Waals surface area contributed by atoms with Crippen molar-refractivity contribution in [2.24, 2.45) is 0 Å². The van der Waals surface area contributed by atoms with Crippen molar-refractivity contribution in [3.8, 4) is 0 Å². The number of rotatable bonds is 18. The second-order valence-electron chi connectivity index (χ2n) is 7.15. The quantitative estimate of drug-likeness (QED) is 0.189. The van der Waals surface area contributed by atoms with Crippen LogP contribution < -0.4 is 0 Å². The average molecular weight is 387 g/mol. The summed E-state index contributed by atoms with van der Waals surface area (Å²) in [7, 11) is 0. The lowest BCUT2D eigenvalue weighted by atomic mass is 10.1. The van der Waals surface area contributed by atoms with Gasteiger partial charge in [-0.3, -0.25) is 14.4 Å². The smallest absolute Gasteiger partial charge is 0.309 e. The lowest BCUT2D eigenvalue weighted by molar-refractivity contribution is -0.927. The first kappa shape index (κ1) is 25.1. The van der Waals surface area contributed by atoms with E-state index in [0.717, 1.165) is 32.1 Å². The molecule has 0 amide bonds. The zero-order valence-electron chi connectivity index (χ0n) is 16.6. The monoisotopic (exact) mass is 386 g/mol. The molecule has 0 aliphatic carbocycles. The van der Waals surface area contributed by atoms with Crippen LogP contribution in [0.4, 0.5) is 0 Å². The van der Waals surface area contributed by atoms with Crippen LogP contribution in [-0.4, -0.2) is 63.9 Å². The minimum atomic E-state index is -0.940. The summed E-state index contributed by atoms with van der Waals surface area (Å²) in [6.07, 6.45) is 11.5. The maximum absolute atomic E-state index is 11.0. The second kappa shape index (κ2) is 15.2. The lowest BCUT2D eigenvalue weighted by Crippen LogP contribution is -2.52. The van der Waals surface area contributed by atoms with Crippen molar-refractivity contribution >= 4 is 17.9 Å². The molecule has 0 saturated heterocycles. The third-order valence-corrected chi connectivity index (χ3v) is 4.89. The number of hydrogen-bond donors (Lipinski definition) is 3. The molecule has 0 rings (SSSR count). The molecule has 0 aromatic heterocycles. The van der Waals surface area contributed by atoms with Crippen LogP contribution in [0.3, 0.4) is 0 Å². The Morgan fingerprint density at radius 2 is 1.07 bits per heavy atom. The number of carboxylic acid groups (broad SMARTS) is 3. The third kappa shape index (κ3) is 14.9. The molecule has 0 aliphatic heterocycles. The van der Waals surface area contributed by atoms with Crippen LogP contribution >= 0.6 is 0 Å². The third-order valence-electron chi connectivity index (χ3n) is 4.89. The van der Waals surface area contributed by atoms with Crippen LogP contribution in [0, 0.1) is 0 Å². The maximum atomic E-state index is 11.0. The molecule has 156 valence electrons. The highest BCUT2D eigenvalue weighted by Crippen LogP contribution is 2.16. The van der Waals surface area contributed by atoms with Crippen molar-refractivity contribution < 1.29 is 34.2 Å². The normalized spacial score (nSPS) is 11.7. The molecule has 0 aromatic carbocycles. The van der Waals surface area contributed by atoms with Gasteiger partial charge in [-0.2, -0.15) is 0 Å². The Hall–Kier alpha value is -1.89. The predicted molar refractivity (Wildman–Crippen MR) is 104 cm³/mol. The molecule has 7 nitrogen and oxygen atoms in total.